The number of hydrogen-bond acceptors (Lipinski definition) is 4. The molecule has 0 amide bonds. The summed E-state index contributed by atoms with van der Waals surface area (Å²) in [5.74, 6) is 0.655. The van der Waals surface area contributed by atoms with Crippen LogP contribution in [-0.2, 0) is 14.4 Å². The molecule has 3 aliphatic carbocycles. The Kier molecular flexibility index (Phi) is 7.96. The summed E-state index contributed by atoms with van der Waals surface area (Å²) >= 11 is 0. The number of hydrogen-bond donors (Lipinski definition) is 1. The number of nitrogens with two attached hydrogens (primary N) is 1. The van der Waals surface area contributed by atoms with Gasteiger partial charge in [-0.25, -0.2) is 0 Å². The summed E-state index contributed by atoms with van der Waals surface area (Å²) in [6.07, 6.45) is 9.90. The molecule has 3 fully saturated rings. The molecule has 3 saturated carbocycles. The zero-order valence-electron chi connectivity index (χ0n) is 20.4. The van der Waals surface area contributed by atoms with Crippen LogP contribution in [0.1, 0.15) is 85.0 Å². The van der Waals surface area contributed by atoms with E-state index < -0.39 is 6.04 Å². The molecule has 0 bridgehead atoms. The van der Waals surface area contributed by atoms with E-state index in [1.807, 2.05) is 0 Å². The van der Waals surface area contributed by atoms with Gasteiger partial charge in [0.1, 0.15) is 5.78 Å². The van der Waals surface area contributed by atoms with Gasteiger partial charge in [0, 0.05) is 24.7 Å². The molecule has 32 heavy (non-hydrogen) atoms. The second-order valence-electron chi connectivity index (χ2n) is 11.2. The van der Waals surface area contributed by atoms with Gasteiger partial charge in [-0.3, -0.25) is 14.4 Å². The Morgan fingerprint density at radius 2 is 1.84 bits per heavy atom. The zero-order valence-corrected chi connectivity index (χ0v) is 20.4. The number of rotatable bonds is 13. The summed E-state index contributed by atoms with van der Waals surface area (Å²) < 4.78 is 0. The van der Waals surface area contributed by atoms with Gasteiger partial charge in [-0.15, -0.1) is 6.58 Å². The van der Waals surface area contributed by atoms with E-state index in [9.17, 15) is 14.4 Å². The average Bonchev–Trinajstić information content (AvgIpc) is 3.22. The average molecular weight is 442 g/mol. The molecule has 0 aromatic heterocycles. The Bertz CT molecular complexity index is 761. The predicted octanol–water partition coefficient (Wildman–Crippen LogP) is 5.45. The molecule has 6 atom stereocenters. The first-order chi connectivity index (χ1) is 15.1. The van der Waals surface area contributed by atoms with E-state index in [1.165, 1.54) is 0 Å². The minimum atomic E-state index is -0.430. The van der Waals surface area contributed by atoms with Crippen molar-refractivity contribution in [2.24, 2.45) is 46.7 Å². The van der Waals surface area contributed by atoms with Gasteiger partial charge in [0.15, 0.2) is 11.6 Å². The van der Waals surface area contributed by atoms with Crippen molar-refractivity contribution in [1.82, 2.24) is 0 Å². The first kappa shape index (κ1) is 25.1. The lowest BCUT2D eigenvalue weighted by Crippen LogP contribution is -2.44. The van der Waals surface area contributed by atoms with Crippen molar-refractivity contribution < 1.29 is 14.4 Å². The maximum absolute atomic E-state index is 13.7. The number of carbonyl (C=O) groups excluding carboxylic acids is 3. The number of Topliss-reactive ketones (excluding diaryl/α,β-unsaturated/α-hetero) is 3. The van der Waals surface area contributed by atoms with E-state index >= 15 is 0 Å². The molecule has 0 aliphatic heterocycles. The van der Waals surface area contributed by atoms with Crippen LogP contribution in [0.2, 0.25) is 0 Å². The minimum Gasteiger partial charge on any atom is -0.321 e. The Balaban J connectivity index is 1.74. The summed E-state index contributed by atoms with van der Waals surface area (Å²) in [5, 5.41) is 0. The zero-order chi connectivity index (χ0) is 23.6. The van der Waals surface area contributed by atoms with Gasteiger partial charge in [0.2, 0.25) is 0 Å². The van der Waals surface area contributed by atoms with Crippen LogP contribution in [0.4, 0.5) is 0 Å². The third kappa shape index (κ3) is 4.85. The molecule has 0 spiro atoms. The van der Waals surface area contributed by atoms with Gasteiger partial charge < -0.3 is 5.73 Å². The van der Waals surface area contributed by atoms with E-state index in [0.29, 0.717) is 30.8 Å². The Hall–Kier alpha value is -1.55. The smallest absolute Gasteiger partial charge is 0.158 e. The lowest BCUT2D eigenvalue weighted by Gasteiger charge is -2.30. The quantitative estimate of drug-likeness (QED) is 0.305. The van der Waals surface area contributed by atoms with Crippen LogP contribution in [0.25, 0.3) is 0 Å². The number of ketones is 3. The van der Waals surface area contributed by atoms with Crippen molar-refractivity contribution in [3.8, 4) is 0 Å². The highest BCUT2D eigenvalue weighted by Gasteiger charge is 2.69. The fourth-order valence-corrected chi connectivity index (χ4v) is 6.88. The van der Waals surface area contributed by atoms with Crippen molar-refractivity contribution in [2.75, 3.05) is 0 Å². The van der Waals surface area contributed by atoms with E-state index in [-0.39, 0.29) is 52.4 Å². The largest absolute Gasteiger partial charge is 0.321 e. The van der Waals surface area contributed by atoms with E-state index in [4.69, 9.17) is 5.73 Å². The van der Waals surface area contributed by atoms with Crippen molar-refractivity contribution in [2.45, 2.75) is 91.0 Å². The second kappa shape index (κ2) is 10.2. The van der Waals surface area contributed by atoms with Gasteiger partial charge in [-0.1, -0.05) is 52.7 Å². The fourth-order valence-electron chi connectivity index (χ4n) is 6.88. The SMILES string of the molecule is C=CCCC(=O)C(=C)C(CCC)CC(=O)C1C(C(=O)C(N)C2CCCC2)CC2C1C2(C)C. The van der Waals surface area contributed by atoms with Crippen LogP contribution in [0.15, 0.2) is 24.8 Å². The van der Waals surface area contributed by atoms with Crippen molar-refractivity contribution >= 4 is 17.3 Å². The summed E-state index contributed by atoms with van der Waals surface area (Å²) in [4.78, 5) is 39.7. The van der Waals surface area contributed by atoms with Gasteiger partial charge in [0.25, 0.3) is 0 Å². The van der Waals surface area contributed by atoms with Crippen LogP contribution in [0.5, 0.6) is 0 Å². The summed E-state index contributed by atoms with van der Waals surface area (Å²) in [6, 6.07) is -0.430. The van der Waals surface area contributed by atoms with Crippen LogP contribution in [0, 0.1) is 40.9 Å². The molecule has 0 saturated heterocycles. The summed E-state index contributed by atoms with van der Waals surface area (Å²) in [7, 11) is 0. The summed E-state index contributed by atoms with van der Waals surface area (Å²) in [5.41, 5.74) is 7.13. The van der Waals surface area contributed by atoms with Gasteiger partial charge in [-0.05, 0) is 66.8 Å². The standard InChI is InChI=1S/C28H43NO3/c1-6-8-14-22(30)17(3)19(11-7-2)15-23(31)24-20(16-21-25(24)28(21,4)5)27(32)26(29)18-12-9-10-13-18/h6,18-21,24-26H,1,3,7-16,29H2,2,4-5H3. The van der Waals surface area contributed by atoms with Crippen molar-refractivity contribution in [1.29, 1.82) is 0 Å². The lowest BCUT2D eigenvalue weighted by molar-refractivity contribution is -0.134. The second-order valence-corrected chi connectivity index (χ2v) is 11.2. The maximum atomic E-state index is 13.7. The molecule has 6 unspecified atom stereocenters. The highest BCUT2D eigenvalue weighted by Crippen LogP contribution is 2.71. The Labute approximate surface area is 194 Å². The topological polar surface area (TPSA) is 77.2 Å². The molecule has 3 aliphatic rings. The minimum absolute atomic E-state index is 0.0306. The Morgan fingerprint density at radius 1 is 1.19 bits per heavy atom. The number of carbonyl (C=O) groups is 3. The van der Waals surface area contributed by atoms with Gasteiger partial charge in [-0.2, -0.15) is 0 Å². The Morgan fingerprint density at radius 3 is 2.44 bits per heavy atom. The molecule has 178 valence electrons. The molecular weight excluding hydrogens is 398 g/mol. The monoisotopic (exact) mass is 441 g/mol. The van der Waals surface area contributed by atoms with Crippen LogP contribution in [0.3, 0.4) is 0 Å². The molecule has 0 radical (unpaired) electrons. The molecule has 2 N–H and O–H groups in total. The summed E-state index contributed by atoms with van der Waals surface area (Å²) in [6.45, 7) is 14.3. The molecule has 4 heteroatoms. The van der Waals surface area contributed by atoms with Crippen LogP contribution in [-0.4, -0.2) is 23.4 Å². The first-order valence-electron chi connectivity index (χ1n) is 12.8. The van der Waals surface area contributed by atoms with E-state index in [2.05, 4.69) is 33.9 Å². The van der Waals surface area contributed by atoms with Crippen molar-refractivity contribution in [3.05, 3.63) is 24.8 Å². The highest BCUT2D eigenvalue weighted by atomic mass is 16.1. The fraction of sp³-hybridized carbons (Fsp3) is 0.750. The molecular formula is C28H43NO3. The first-order valence-corrected chi connectivity index (χ1v) is 12.8. The van der Waals surface area contributed by atoms with Crippen LogP contribution < -0.4 is 5.73 Å². The van der Waals surface area contributed by atoms with Crippen LogP contribution >= 0.6 is 0 Å². The van der Waals surface area contributed by atoms with Gasteiger partial charge >= 0.3 is 0 Å². The highest BCUT2D eigenvalue weighted by molar-refractivity contribution is 5.97. The molecule has 0 heterocycles. The van der Waals surface area contributed by atoms with E-state index in [0.717, 1.165) is 44.9 Å². The third-order valence-corrected chi connectivity index (χ3v) is 8.95. The predicted molar refractivity (Wildman–Crippen MR) is 129 cm³/mol. The number of fused-ring (bicyclic) bond motifs is 1. The molecule has 3 rings (SSSR count). The van der Waals surface area contributed by atoms with E-state index in [1.54, 1.807) is 6.08 Å². The normalized spacial score (nSPS) is 30.4. The molecule has 0 aromatic rings. The number of allylic oxidation sites excluding steroid dienone is 2. The maximum Gasteiger partial charge on any atom is 0.158 e. The molecule has 0 aromatic carbocycles. The van der Waals surface area contributed by atoms with Crippen molar-refractivity contribution in [3.63, 3.8) is 0 Å². The third-order valence-electron chi connectivity index (χ3n) is 8.95. The lowest BCUT2D eigenvalue weighted by atomic mass is 9.73. The van der Waals surface area contributed by atoms with Gasteiger partial charge in [0.05, 0.1) is 6.04 Å². The molecule has 4 nitrogen and oxygen atoms in total.